The predicted octanol–water partition coefficient (Wildman–Crippen LogP) is 4.15. The summed E-state index contributed by atoms with van der Waals surface area (Å²) >= 11 is 0. The molecule has 1 fully saturated rings. The zero-order chi connectivity index (χ0) is 14.9. The molecule has 3 rings (SSSR count). The summed E-state index contributed by atoms with van der Waals surface area (Å²) in [4.78, 5) is 4.95. The van der Waals surface area contributed by atoms with Crippen molar-refractivity contribution in [3.05, 3.63) is 30.1 Å². The first-order valence-corrected chi connectivity index (χ1v) is 8.15. The highest BCUT2D eigenvalue weighted by molar-refractivity contribution is 5.76. The fourth-order valence-corrected chi connectivity index (χ4v) is 3.12. The van der Waals surface area contributed by atoms with Gasteiger partial charge in [0.2, 0.25) is 0 Å². The first kappa shape index (κ1) is 14.6. The molecule has 0 spiro atoms. The molecule has 3 heteroatoms. The second-order valence-electron chi connectivity index (χ2n) is 6.83. The Morgan fingerprint density at radius 1 is 1.24 bits per heavy atom. The molecule has 1 aliphatic heterocycles. The molecule has 1 aromatic heterocycles. The van der Waals surface area contributed by atoms with E-state index in [1.165, 1.54) is 24.2 Å². The number of hydrogen-bond donors (Lipinski definition) is 0. The molecule has 1 aliphatic rings. The van der Waals surface area contributed by atoms with Crippen LogP contribution >= 0.6 is 0 Å². The third-order valence-corrected chi connectivity index (χ3v) is 4.93. The van der Waals surface area contributed by atoms with Gasteiger partial charge in [-0.2, -0.15) is 0 Å². The lowest BCUT2D eigenvalue weighted by Crippen LogP contribution is -2.26. The lowest BCUT2D eigenvalue weighted by Gasteiger charge is -2.27. The fraction of sp³-hybridized carbons (Fsp3) is 0.611. The van der Waals surface area contributed by atoms with Crippen LogP contribution in [0, 0.1) is 5.92 Å². The number of benzene rings is 1. The summed E-state index contributed by atoms with van der Waals surface area (Å²) in [6.45, 7) is 9.73. The van der Waals surface area contributed by atoms with Gasteiger partial charge in [0.05, 0.1) is 11.0 Å². The zero-order valence-electron chi connectivity index (χ0n) is 13.4. The molecule has 2 aromatic rings. The maximum Gasteiger partial charge on any atom is 0.115 e. The highest BCUT2D eigenvalue weighted by Crippen LogP contribution is 2.31. The van der Waals surface area contributed by atoms with E-state index in [2.05, 4.69) is 49.6 Å². The number of aromatic nitrogens is 2. The number of fused-ring (bicyclic) bond motifs is 1. The van der Waals surface area contributed by atoms with E-state index in [9.17, 15) is 0 Å². The molecule has 114 valence electrons. The third kappa shape index (κ3) is 2.84. The summed E-state index contributed by atoms with van der Waals surface area (Å²) in [7, 11) is 0. The van der Waals surface area contributed by atoms with Crippen molar-refractivity contribution in [2.45, 2.75) is 52.0 Å². The second kappa shape index (κ2) is 5.80. The molecule has 1 aromatic carbocycles. The Kier molecular flexibility index (Phi) is 4.03. The molecule has 0 unspecified atom stereocenters. The van der Waals surface area contributed by atoms with Gasteiger partial charge in [-0.3, -0.25) is 0 Å². The van der Waals surface area contributed by atoms with Crippen molar-refractivity contribution >= 4 is 11.0 Å². The minimum absolute atomic E-state index is 0.115. The lowest BCUT2D eigenvalue weighted by atomic mass is 9.89. The Bertz CT molecular complexity index is 609. The SMILES string of the molecule is CCC(C)(C)c1nc2ccccc2n1CC1CCOCC1. The Labute approximate surface area is 127 Å². The quantitative estimate of drug-likeness (QED) is 0.844. The Morgan fingerprint density at radius 2 is 1.95 bits per heavy atom. The zero-order valence-corrected chi connectivity index (χ0v) is 13.4. The number of rotatable bonds is 4. The van der Waals surface area contributed by atoms with Crippen LogP contribution in [0.25, 0.3) is 11.0 Å². The summed E-state index contributed by atoms with van der Waals surface area (Å²) in [6.07, 6.45) is 3.43. The van der Waals surface area contributed by atoms with Gasteiger partial charge >= 0.3 is 0 Å². The van der Waals surface area contributed by atoms with Gasteiger partial charge in [0.15, 0.2) is 0 Å². The molecule has 0 atom stereocenters. The van der Waals surface area contributed by atoms with Crippen molar-refractivity contribution < 1.29 is 4.74 Å². The average molecular weight is 286 g/mol. The molecule has 0 saturated carbocycles. The molecular formula is C18H26N2O. The highest BCUT2D eigenvalue weighted by Gasteiger charge is 2.27. The number of para-hydroxylation sites is 2. The minimum atomic E-state index is 0.115. The van der Waals surface area contributed by atoms with Crippen LogP contribution in [-0.4, -0.2) is 22.8 Å². The van der Waals surface area contributed by atoms with E-state index in [0.29, 0.717) is 5.92 Å². The number of hydrogen-bond acceptors (Lipinski definition) is 2. The Morgan fingerprint density at radius 3 is 2.67 bits per heavy atom. The Hall–Kier alpha value is -1.35. The van der Waals surface area contributed by atoms with E-state index >= 15 is 0 Å². The van der Waals surface area contributed by atoms with Crippen LogP contribution in [0.15, 0.2) is 24.3 Å². The van der Waals surface area contributed by atoms with Crippen molar-refractivity contribution in [2.75, 3.05) is 13.2 Å². The van der Waals surface area contributed by atoms with E-state index in [1.54, 1.807) is 0 Å². The van der Waals surface area contributed by atoms with Crippen LogP contribution in [-0.2, 0) is 16.7 Å². The van der Waals surface area contributed by atoms with Gasteiger partial charge in [0.1, 0.15) is 5.82 Å². The molecule has 0 aliphatic carbocycles. The van der Waals surface area contributed by atoms with E-state index in [4.69, 9.17) is 9.72 Å². The van der Waals surface area contributed by atoms with Gasteiger partial charge in [-0.1, -0.05) is 32.9 Å². The average Bonchev–Trinajstić information content (AvgIpc) is 2.88. The molecule has 3 nitrogen and oxygen atoms in total. The summed E-state index contributed by atoms with van der Waals surface area (Å²) in [5.41, 5.74) is 2.52. The van der Waals surface area contributed by atoms with E-state index in [1.807, 2.05) is 0 Å². The summed E-state index contributed by atoms with van der Waals surface area (Å²) in [5, 5.41) is 0. The van der Waals surface area contributed by atoms with Crippen LogP contribution in [0.4, 0.5) is 0 Å². The van der Waals surface area contributed by atoms with Crippen molar-refractivity contribution in [2.24, 2.45) is 5.92 Å². The molecule has 0 amide bonds. The van der Waals surface area contributed by atoms with Crippen LogP contribution < -0.4 is 0 Å². The van der Waals surface area contributed by atoms with E-state index in [0.717, 1.165) is 31.7 Å². The summed E-state index contributed by atoms with van der Waals surface area (Å²) in [5.74, 6) is 1.94. The smallest absolute Gasteiger partial charge is 0.115 e. The largest absolute Gasteiger partial charge is 0.381 e. The maximum absolute atomic E-state index is 5.50. The molecule has 21 heavy (non-hydrogen) atoms. The minimum Gasteiger partial charge on any atom is -0.381 e. The number of nitrogens with zero attached hydrogens (tertiary/aromatic N) is 2. The van der Waals surface area contributed by atoms with Gasteiger partial charge in [0.25, 0.3) is 0 Å². The third-order valence-electron chi connectivity index (χ3n) is 4.93. The van der Waals surface area contributed by atoms with Crippen molar-refractivity contribution in [1.29, 1.82) is 0 Å². The number of ether oxygens (including phenoxy) is 1. The summed E-state index contributed by atoms with van der Waals surface area (Å²) < 4.78 is 7.97. The van der Waals surface area contributed by atoms with Crippen molar-refractivity contribution in [3.63, 3.8) is 0 Å². The molecule has 0 N–H and O–H groups in total. The van der Waals surface area contributed by atoms with Gasteiger partial charge in [-0.05, 0) is 37.3 Å². The molecule has 2 heterocycles. The van der Waals surface area contributed by atoms with Gasteiger partial charge in [-0.25, -0.2) is 4.98 Å². The fourth-order valence-electron chi connectivity index (χ4n) is 3.12. The topological polar surface area (TPSA) is 27.1 Å². The maximum atomic E-state index is 5.50. The monoisotopic (exact) mass is 286 g/mol. The van der Waals surface area contributed by atoms with E-state index in [-0.39, 0.29) is 5.41 Å². The normalized spacial score (nSPS) is 17.5. The standard InChI is InChI=1S/C18H26N2O/c1-4-18(2,3)17-19-15-7-5-6-8-16(15)20(17)13-14-9-11-21-12-10-14/h5-8,14H,4,9-13H2,1-3H3. The van der Waals surface area contributed by atoms with Crippen LogP contribution in [0.1, 0.15) is 45.9 Å². The second-order valence-corrected chi connectivity index (χ2v) is 6.83. The van der Waals surface area contributed by atoms with Crippen molar-refractivity contribution in [3.8, 4) is 0 Å². The van der Waals surface area contributed by atoms with Crippen molar-refractivity contribution in [1.82, 2.24) is 9.55 Å². The molecule has 1 saturated heterocycles. The predicted molar refractivity (Wildman–Crippen MR) is 86.6 cm³/mol. The number of imidazole rings is 1. The van der Waals surface area contributed by atoms with Gasteiger partial charge in [0, 0.05) is 25.2 Å². The highest BCUT2D eigenvalue weighted by atomic mass is 16.5. The molecule has 0 bridgehead atoms. The van der Waals surface area contributed by atoms with Gasteiger partial charge in [-0.15, -0.1) is 0 Å². The van der Waals surface area contributed by atoms with Gasteiger partial charge < -0.3 is 9.30 Å². The molecular weight excluding hydrogens is 260 g/mol. The first-order chi connectivity index (χ1) is 10.1. The first-order valence-electron chi connectivity index (χ1n) is 8.15. The van der Waals surface area contributed by atoms with Crippen LogP contribution in [0.2, 0.25) is 0 Å². The molecule has 0 radical (unpaired) electrons. The van der Waals surface area contributed by atoms with Crippen LogP contribution in [0.3, 0.4) is 0 Å². The van der Waals surface area contributed by atoms with E-state index < -0.39 is 0 Å². The lowest BCUT2D eigenvalue weighted by molar-refractivity contribution is 0.0611. The van der Waals surface area contributed by atoms with Crippen LogP contribution in [0.5, 0.6) is 0 Å². The Balaban J connectivity index is 2.02. The summed E-state index contributed by atoms with van der Waals surface area (Å²) in [6, 6.07) is 8.53.